The molecule has 0 aliphatic carbocycles. The standard InChI is InChI=1S/C12H18BrNO/c1-4-14-9(3)12(15)10-6-5-8(2)11(13)7-10/h5-7,9,12,14-15H,4H2,1-3H3. The first-order chi connectivity index (χ1) is 7.06. The smallest absolute Gasteiger partial charge is 0.0940 e. The molecule has 3 heteroatoms. The summed E-state index contributed by atoms with van der Waals surface area (Å²) in [6.45, 7) is 6.93. The van der Waals surface area contributed by atoms with Crippen molar-refractivity contribution in [3.63, 3.8) is 0 Å². The molecule has 0 heterocycles. The molecule has 0 spiro atoms. The van der Waals surface area contributed by atoms with Crippen LogP contribution in [0.5, 0.6) is 0 Å². The molecule has 1 rings (SSSR count). The van der Waals surface area contributed by atoms with Crippen LogP contribution in [0.15, 0.2) is 22.7 Å². The molecule has 1 aromatic rings. The van der Waals surface area contributed by atoms with E-state index in [1.54, 1.807) is 0 Å². The minimum atomic E-state index is -0.457. The van der Waals surface area contributed by atoms with E-state index in [1.807, 2.05) is 39.0 Å². The number of halogens is 1. The van der Waals surface area contributed by atoms with Crippen molar-refractivity contribution in [1.29, 1.82) is 0 Å². The van der Waals surface area contributed by atoms with Crippen LogP contribution in [-0.4, -0.2) is 17.7 Å². The number of likely N-dealkylation sites (N-methyl/N-ethyl adjacent to an activating group) is 1. The second kappa shape index (κ2) is 5.64. The molecule has 1 aromatic carbocycles. The van der Waals surface area contributed by atoms with Crippen molar-refractivity contribution >= 4 is 15.9 Å². The predicted molar refractivity (Wildman–Crippen MR) is 67.0 cm³/mol. The summed E-state index contributed by atoms with van der Waals surface area (Å²) in [7, 11) is 0. The van der Waals surface area contributed by atoms with Crippen molar-refractivity contribution < 1.29 is 5.11 Å². The molecular weight excluding hydrogens is 254 g/mol. The fourth-order valence-electron chi connectivity index (χ4n) is 1.52. The summed E-state index contributed by atoms with van der Waals surface area (Å²) in [5.74, 6) is 0. The molecule has 0 bridgehead atoms. The Balaban J connectivity index is 2.81. The van der Waals surface area contributed by atoms with Crippen molar-refractivity contribution in [3.8, 4) is 0 Å². The Bertz CT molecular complexity index is 327. The predicted octanol–water partition coefficient (Wildman–Crippen LogP) is 2.79. The van der Waals surface area contributed by atoms with E-state index in [2.05, 4.69) is 21.2 Å². The van der Waals surface area contributed by atoms with E-state index in [4.69, 9.17) is 0 Å². The van der Waals surface area contributed by atoms with E-state index >= 15 is 0 Å². The van der Waals surface area contributed by atoms with Gasteiger partial charge in [0.2, 0.25) is 0 Å². The summed E-state index contributed by atoms with van der Waals surface area (Å²) in [4.78, 5) is 0. The molecule has 2 N–H and O–H groups in total. The number of aliphatic hydroxyl groups is 1. The Morgan fingerprint density at radius 2 is 2.13 bits per heavy atom. The summed E-state index contributed by atoms with van der Waals surface area (Å²) < 4.78 is 1.04. The number of rotatable bonds is 4. The molecule has 15 heavy (non-hydrogen) atoms. The Labute approximate surface area is 99.8 Å². The highest BCUT2D eigenvalue weighted by atomic mass is 79.9. The molecule has 2 atom stereocenters. The first-order valence-electron chi connectivity index (χ1n) is 5.23. The fourth-order valence-corrected chi connectivity index (χ4v) is 1.91. The lowest BCUT2D eigenvalue weighted by molar-refractivity contribution is 0.137. The topological polar surface area (TPSA) is 32.3 Å². The maximum absolute atomic E-state index is 10.1. The third-order valence-corrected chi connectivity index (χ3v) is 3.39. The molecule has 0 saturated carbocycles. The van der Waals surface area contributed by atoms with Crippen molar-refractivity contribution in [3.05, 3.63) is 33.8 Å². The second-order valence-electron chi connectivity index (χ2n) is 3.80. The number of benzene rings is 1. The number of hydrogen-bond donors (Lipinski definition) is 2. The van der Waals surface area contributed by atoms with Gasteiger partial charge in [-0.3, -0.25) is 0 Å². The molecule has 0 fully saturated rings. The maximum Gasteiger partial charge on any atom is 0.0940 e. The van der Waals surface area contributed by atoms with Gasteiger partial charge in [0.05, 0.1) is 6.10 Å². The molecule has 84 valence electrons. The highest BCUT2D eigenvalue weighted by Crippen LogP contribution is 2.23. The maximum atomic E-state index is 10.1. The van der Waals surface area contributed by atoms with Gasteiger partial charge in [-0.2, -0.15) is 0 Å². The molecule has 0 aromatic heterocycles. The van der Waals surface area contributed by atoms with Crippen LogP contribution in [0.3, 0.4) is 0 Å². The number of aryl methyl sites for hydroxylation is 1. The van der Waals surface area contributed by atoms with Crippen LogP contribution in [0, 0.1) is 6.92 Å². The normalized spacial score (nSPS) is 15.0. The van der Waals surface area contributed by atoms with Gasteiger partial charge in [0, 0.05) is 10.5 Å². The molecule has 0 amide bonds. The molecule has 2 nitrogen and oxygen atoms in total. The van der Waals surface area contributed by atoms with Gasteiger partial charge in [-0.05, 0) is 37.6 Å². The van der Waals surface area contributed by atoms with Gasteiger partial charge in [0.25, 0.3) is 0 Å². The number of nitrogens with one attached hydrogen (secondary N) is 1. The third kappa shape index (κ3) is 3.30. The lowest BCUT2D eigenvalue weighted by atomic mass is 10.0. The van der Waals surface area contributed by atoms with Gasteiger partial charge >= 0.3 is 0 Å². The van der Waals surface area contributed by atoms with E-state index in [9.17, 15) is 5.11 Å². The third-order valence-electron chi connectivity index (χ3n) is 2.54. The Kier molecular flexibility index (Phi) is 4.77. The SMILES string of the molecule is CCNC(C)C(O)c1ccc(C)c(Br)c1. The molecule has 2 unspecified atom stereocenters. The molecule has 0 radical (unpaired) electrons. The Hall–Kier alpha value is -0.380. The van der Waals surface area contributed by atoms with E-state index < -0.39 is 6.10 Å². The lowest BCUT2D eigenvalue weighted by Gasteiger charge is -2.20. The molecule has 0 aliphatic rings. The van der Waals surface area contributed by atoms with Crippen LogP contribution in [0.2, 0.25) is 0 Å². The fraction of sp³-hybridized carbons (Fsp3) is 0.500. The molecular formula is C12H18BrNO. The van der Waals surface area contributed by atoms with Crippen LogP contribution in [0.25, 0.3) is 0 Å². The summed E-state index contributed by atoms with van der Waals surface area (Å²) >= 11 is 3.47. The summed E-state index contributed by atoms with van der Waals surface area (Å²) in [6, 6.07) is 6.04. The van der Waals surface area contributed by atoms with Gasteiger partial charge in [-0.15, -0.1) is 0 Å². The summed E-state index contributed by atoms with van der Waals surface area (Å²) in [5, 5.41) is 13.3. The zero-order valence-electron chi connectivity index (χ0n) is 9.42. The minimum absolute atomic E-state index is 0.0737. The second-order valence-corrected chi connectivity index (χ2v) is 4.65. The average Bonchev–Trinajstić information content (AvgIpc) is 2.21. The molecule has 0 saturated heterocycles. The zero-order valence-corrected chi connectivity index (χ0v) is 11.0. The van der Waals surface area contributed by atoms with Crippen LogP contribution in [0.4, 0.5) is 0 Å². The monoisotopic (exact) mass is 271 g/mol. The van der Waals surface area contributed by atoms with Crippen molar-refractivity contribution in [2.75, 3.05) is 6.54 Å². The average molecular weight is 272 g/mol. The van der Waals surface area contributed by atoms with Gasteiger partial charge in [0.15, 0.2) is 0 Å². The van der Waals surface area contributed by atoms with Gasteiger partial charge < -0.3 is 10.4 Å². The highest BCUT2D eigenvalue weighted by Gasteiger charge is 2.15. The van der Waals surface area contributed by atoms with Crippen molar-refractivity contribution in [2.45, 2.75) is 32.9 Å². The van der Waals surface area contributed by atoms with E-state index in [1.165, 1.54) is 5.56 Å². The van der Waals surface area contributed by atoms with Gasteiger partial charge in [-0.1, -0.05) is 35.0 Å². The van der Waals surface area contributed by atoms with E-state index in [0.717, 1.165) is 16.6 Å². The van der Waals surface area contributed by atoms with Crippen molar-refractivity contribution in [2.24, 2.45) is 0 Å². The van der Waals surface area contributed by atoms with Crippen LogP contribution in [0.1, 0.15) is 31.1 Å². The summed E-state index contributed by atoms with van der Waals surface area (Å²) in [5.41, 5.74) is 2.13. The van der Waals surface area contributed by atoms with Gasteiger partial charge in [0.1, 0.15) is 0 Å². The first-order valence-corrected chi connectivity index (χ1v) is 6.03. The quantitative estimate of drug-likeness (QED) is 0.883. The van der Waals surface area contributed by atoms with E-state index in [0.29, 0.717) is 0 Å². The summed E-state index contributed by atoms with van der Waals surface area (Å²) in [6.07, 6.45) is -0.457. The van der Waals surface area contributed by atoms with Crippen molar-refractivity contribution in [1.82, 2.24) is 5.32 Å². The lowest BCUT2D eigenvalue weighted by Crippen LogP contribution is -2.31. The first kappa shape index (κ1) is 12.7. The Morgan fingerprint density at radius 1 is 1.47 bits per heavy atom. The number of hydrogen-bond acceptors (Lipinski definition) is 2. The van der Waals surface area contributed by atoms with Crippen LogP contribution < -0.4 is 5.32 Å². The Morgan fingerprint density at radius 3 is 2.67 bits per heavy atom. The minimum Gasteiger partial charge on any atom is -0.387 e. The van der Waals surface area contributed by atoms with Crippen LogP contribution in [-0.2, 0) is 0 Å². The van der Waals surface area contributed by atoms with Gasteiger partial charge in [-0.25, -0.2) is 0 Å². The van der Waals surface area contributed by atoms with Crippen LogP contribution >= 0.6 is 15.9 Å². The largest absolute Gasteiger partial charge is 0.387 e. The van der Waals surface area contributed by atoms with E-state index in [-0.39, 0.29) is 6.04 Å². The highest BCUT2D eigenvalue weighted by molar-refractivity contribution is 9.10. The zero-order chi connectivity index (χ0) is 11.4. The molecule has 0 aliphatic heterocycles. The number of aliphatic hydroxyl groups excluding tert-OH is 1.